The molecule has 0 fully saturated rings. The van der Waals surface area contributed by atoms with Gasteiger partial charge in [-0.25, -0.2) is 0 Å². The topological polar surface area (TPSA) is 24.1 Å². The molecule has 2 rings (SSSR count). The van der Waals surface area contributed by atoms with E-state index in [1.807, 2.05) is 25.1 Å². The summed E-state index contributed by atoms with van der Waals surface area (Å²) in [6.45, 7) is 8.45. The Labute approximate surface area is 126 Å². The number of aryl methyl sites for hydroxylation is 1. The molecule has 20 heavy (non-hydrogen) atoms. The van der Waals surface area contributed by atoms with Gasteiger partial charge in [0.15, 0.2) is 0 Å². The summed E-state index contributed by atoms with van der Waals surface area (Å²) < 4.78 is 0. The first-order valence-corrected chi connectivity index (χ1v) is 7.13. The van der Waals surface area contributed by atoms with Crippen molar-refractivity contribution in [2.24, 2.45) is 0 Å². The van der Waals surface area contributed by atoms with Gasteiger partial charge in [-0.2, -0.15) is 0 Å². The second-order valence-electron chi connectivity index (χ2n) is 6.04. The molecule has 106 valence electrons. The molecule has 0 atom stereocenters. The van der Waals surface area contributed by atoms with Gasteiger partial charge in [0.05, 0.1) is 0 Å². The molecule has 2 N–H and O–H groups in total. The third-order valence-electron chi connectivity index (χ3n) is 2.85. The van der Waals surface area contributed by atoms with Gasteiger partial charge in [-0.05, 0) is 75.7 Å². The lowest BCUT2D eigenvalue weighted by molar-refractivity contribution is 0.634. The van der Waals surface area contributed by atoms with E-state index in [1.165, 1.54) is 0 Å². The Bertz CT molecular complexity index is 583. The summed E-state index contributed by atoms with van der Waals surface area (Å²) in [4.78, 5) is 0. The van der Waals surface area contributed by atoms with E-state index in [9.17, 15) is 0 Å². The van der Waals surface area contributed by atoms with Crippen molar-refractivity contribution >= 4 is 28.7 Å². The summed E-state index contributed by atoms with van der Waals surface area (Å²) in [7, 11) is 0. The second kappa shape index (κ2) is 5.76. The van der Waals surface area contributed by atoms with Crippen LogP contribution in [-0.2, 0) is 0 Å². The van der Waals surface area contributed by atoms with E-state index in [2.05, 4.69) is 55.7 Å². The molecule has 0 amide bonds. The highest BCUT2D eigenvalue weighted by Gasteiger charge is 2.08. The lowest BCUT2D eigenvalue weighted by atomic mass is 10.1. The van der Waals surface area contributed by atoms with Crippen molar-refractivity contribution in [3.8, 4) is 0 Å². The number of anilines is 3. The van der Waals surface area contributed by atoms with E-state index < -0.39 is 0 Å². The standard InChI is InChI=1S/C17H21ClN2/c1-12-11-15(9-10-16(12)18)19-13-5-7-14(8-6-13)20-17(2,3)4/h5-11,19-20H,1-4H3. The third-order valence-corrected chi connectivity index (χ3v) is 3.27. The van der Waals surface area contributed by atoms with Gasteiger partial charge >= 0.3 is 0 Å². The number of hydrogen-bond acceptors (Lipinski definition) is 2. The summed E-state index contributed by atoms with van der Waals surface area (Å²) in [5.74, 6) is 0. The summed E-state index contributed by atoms with van der Waals surface area (Å²) in [5.41, 5.74) is 4.37. The van der Waals surface area contributed by atoms with Gasteiger partial charge in [-0.3, -0.25) is 0 Å². The van der Waals surface area contributed by atoms with Crippen molar-refractivity contribution in [1.82, 2.24) is 0 Å². The Morgan fingerprint density at radius 1 is 0.850 bits per heavy atom. The van der Waals surface area contributed by atoms with E-state index in [1.54, 1.807) is 0 Å². The second-order valence-corrected chi connectivity index (χ2v) is 6.45. The first-order valence-electron chi connectivity index (χ1n) is 6.75. The van der Waals surface area contributed by atoms with Gasteiger partial charge < -0.3 is 10.6 Å². The van der Waals surface area contributed by atoms with Crippen molar-refractivity contribution in [3.63, 3.8) is 0 Å². The van der Waals surface area contributed by atoms with Gasteiger partial charge in [-0.15, -0.1) is 0 Å². The SMILES string of the molecule is Cc1cc(Nc2ccc(NC(C)(C)C)cc2)ccc1Cl. The van der Waals surface area contributed by atoms with Crippen LogP contribution in [0.3, 0.4) is 0 Å². The lowest BCUT2D eigenvalue weighted by Crippen LogP contribution is -2.25. The maximum atomic E-state index is 6.03. The Balaban J connectivity index is 2.08. The molecule has 0 aliphatic carbocycles. The van der Waals surface area contributed by atoms with E-state index in [4.69, 9.17) is 11.6 Å². The molecule has 3 heteroatoms. The van der Waals surface area contributed by atoms with Crippen LogP contribution in [0, 0.1) is 6.92 Å². The molecule has 0 aliphatic heterocycles. The smallest absolute Gasteiger partial charge is 0.0436 e. The van der Waals surface area contributed by atoms with Crippen molar-refractivity contribution in [1.29, 1.82) is 0 Å². The van der Waals surface area contributed by atoms with E-state index in [-0.39, 0.29) is 5.54 Å². The first-order chi connectivity index (χ1) is 9.33. The zero-order valence-electron chi connectivity index (χ0n) is 12.4. The Morgan fingerprint density at radius 2 is 1.40 bits per heavy atom. The lowest BCUT2D eigenvalue weighted by Gasteiger charge is -2.22. The minimum atomic E-state index is 0.0717. The van der Waals surface area contributed by atoms with Gasteiger partial charge in [-0.1, -0.05) is 11.6 Å². The zero-order chi connectivity index (χ0) is 14.8. The highest BCUT2D eigenvalue weighted by atomic mass is 35.5. The normalized spacial score (nSPS) is 11.2. The van der Waals surface area contributed by atoms with Crippen LogP contribution in [0.1, 0.15) is 26.3 Å². The summed E-state index contributed by atoms with van der Waals surface area (Å²) in [6.07, 6.45) is 0. The van der Waals surface area contributed by atoms with E-state index in [0.29, 0.717) is 0 Å². The highest BCUT2D eigenvalue weighted by Crippen LogP contribution is 2.24. The van der Waals surface area contributed by atoms with Crippen LogP contribution in [0.2, 0.25) is 5.02 Å². The predicted octanol–water partition coefficient (Wildman–Crippen LogP) is 5.60. The predicted molar refractivity (Wildman–Crippen MR) is 89.3 cm³/mol. The molecule has 0 radical (unpaired) electrons. The van der Waals surface area contributed by atoms with Crippen LogP contribution in [0.25, 0.3) is 0 Å². The fourth-order valence-corrected chi connectivity index (χ4v) is 2.08. The summed E-state index contributed by atoms with van der Waals surface area (Å²) in [6, 6.07) is 14.2. The number of benzene rings is 2. The van der Waals surface area contributed by atoms with Crippen LogP contribution in [0.5, 0.6) is 0 Å². The van der Waals surface area contributed by atoms with E-state index in [0.717, 1.165) is 27.6 Å². The van der Waals surface area contributed by atoms with Gasteiger partial charge in [0.1, 0.15) is 0 Å². The number of halogens is 1. The van der Waals surface area contributed by atoms with Gasteiger partial charge in [0.2, 0.25) is 0 Å². The molecule has 0 saturated carbocycles. The molecular weight excluding hydrogens is 268 g/mol. The van der Waals surface area contributed by atoms with Crippen LogP contribution >= 0.6 is 11.6 Å². The maximum absolute atomic E-state index is 6.03. The quantitative estimate of drug-likeness (QED) is 0.768. The Morgan fingerprint density at radius 3 is 1.95 bits per heavy atom. The van der Waals surface area contributed by atoms with E-state index >= 15 is 0 Å². The largest absolute Gasteiger partial charge is 0.380 e. The third kappa shape index (κ3) is 4.17. The zero-order valence-corrected chi connectivity index (χ0v) is 13.2. The number of nitrogens with one attached hydrogen (secondary N) is 2. The highest BCUT2D eigenvalue weighted by molar-refractivity contribution is 6.31. The van der Waals surface area contributed by atoms with Crippen molar-refractivity contribution in [2.75, 3.05) is 10.6 Å². The molecule has 2 aromatic carbocycles. The summed E-state index contributed by atoms with van der Waals surface area (Å²) in [5, 5.41) is 7.61. The van der Waals surface area contributed by atoms with Crippen LogP contribution in [-0.4, -0.2) is 5.54 Å². The van der Waals surface area contributed by atoms with Crippen LogP contribution in [0.4, 0.5) is 17.1 Å². The molecule has 0 unspecified atom stereocenters. The average molecular weight is 289 g/mol. The minimum absolute atomic E-state index is 0.0717. The van der Waals surface area contributed by atoms with Gasteiger partial charge in [0.25, 0.3) is 0 Å². The molecule has 0 spiro atoms. The van der Waals surface area contributed by atoms with Crippen molar-refractivity contribution in [2.45, 2.75) is 33.2 Å². The minimum Gasteiger partial charge on any atom is -0.380 e. The van der Waals surface area contributed by atoms with Gasteiger partial charge in [0, 0.05) is 27.6 Å². The maximum Gasteiger partial charge on any atom is 0.0436 e. The number of rotatable bonds is 3. The van der Waals surface area contributed by atoms with Crippen LogP contribution in [0.15, 0.2) is 42.5 Å². The molecule has 2 nitrogen and oxygen atoms in total. The van der Waals surface area contributed by atoms with Crippen LogP contribution < -0.4 is 10.6 Å². The molecule has 0 saturated heterocycles. The monoisotopic (exact) mass is 288 g/mol. The molecular formula is C17H21ClN2. The first kappa shape index (κ1) is 14.7. The number of hydrogen-bond donors (Lipinski definition) is 2. The molecule has 2 aromatic rings. The molecule has 0 aromatic heterocycles. The fourth-order valence-electron chi connectivity index (χ4n) is 1.96. The Hall–Kier alpha value is -1.67. The van der Waals surface area contributed by atoms with Crippen molar-refractivity contribution < 1.29 is 0 Å². The molecule has 0 aliphatic rings. The molecule has 0 bridgehead atoms. The fraction of sp³-hybridized carbons (Fsp3) is 0.294. The summed E-state index contributed by atoms with van der Waals surface area (Å²) >= 11 is 6.03. The Kier molecular flexibility index (Phi) is 4.24. The van der Waals surface area contributed by atoms with Crippen molar-refractivity contribution in [3.05, 3.63) is 53.1 Å². The average Bonchev–Trinajstić information content (AvgIpc) is 2.35. The molecule has 0 heterocycles.